The van der Waals surface area contributed by atoms with Gasteiger partial charge in [-0.3, -0.25) is 9.11 Å². The van der Waals surface area contributed by atoms with Crippen LogP contribution in [-0.2, 0) is 31.5 Å². The van der Waals surface area contributed by atoms with E-state index < -0.39 is 41.9 Å². The number of rotatable bonds is 8. The summed E-state index contributed by atoms with van der Waals surface area (Å²) in [5.74, 6) is -0.645. The van der Waals surface area contributed by atoms with Gasteiger partial charge in [0, 0.05) is 5.56 Å². The summed E-state index contributed by atoms with van der Waals surface area (Å²) in [5, 5.41) is 0. The predicted molar refractivity (Wildman–Crippen MR) is 119 cm³/mol. The Morgan fingerprint density at radius 3 is 2.06 bits per heavy atom. The Bertz CT molecular complexity index is 1120. The fraction of sp³-hybridized carbons (Fsp3) is 0.278. The van der Waals surface area contributed by atoms with Gasteiger partial charge in [-0.25, -0.2) is 4.79 Å². The second-order valence-electron chi connectivity index (χ2n) is 7.06. The van der Waals surface area contributed by atoms with E-state index in [9.17, 15) is 26.2 Å². The van der Waals surface area contributed by atoms with Gasteiger partial charge in [0.2, 0.25) is 0 Å². The third-order valence-electron chi connectivity index (χ3n) is 4.05. The molecule has 0 atom stereocenters. The van der Waals surface area contributed by atoms with Crippen LogP contribution in [0.1, 0.15) is 5.56 Å². The van der Waals surface area contributed by atoms with Gasteiger partial charge in [0.05, 0.1) is 19.0 Å². The molecule has 2 rings (SSSR count). The van der Waals surface area contributed by atoms with Gasteiger partial charge in [0.1, 0.15) is 24.6 Å². The molecule has 0 aromatic heterocycles. The van der Waals surface area contributed by atoms with E-state index in [0.717, 1.165) is 17.7 Å². The molecule has 2 N–H and O–H groups in total. The molecule has 2 aromatic carbocycles. The van der Waals surface area contributed by atoms with Crippen LogP contribution in [0.15, 0.2) is 58.3 Å². The topological polar surface area (TPSA) is 144 Å². The van der Waals surface area contributed by atoms with Crippen molar-refractivity contribution < 1.29 is 44.7 Å². The van der Waals surface area contributed by atoms with Crippen molar-refractivity contribution in [3.8, 4) is 5.75 Å². The molecular formula is C18H24NNa2O9S2+. The minimum absolute atomic E-state index is 0. The van der Waals surface area contributed by atoms with Crippen molar-refractivity contribution in [2.45, 2.75) is 16.3 Å². The van der Waals surface area contributed by atoms with Crippen molar-refractivity contribution >= 4 is 85.5 Å². The summed E-state index contributed by atoms with van der Waals surface area (Å²) in [6.07, 6.45) is -1.24. The Hall–Kier alpha value is -0.510. The van der Waals surface area contributed by atoms with Crippen LogP contribution >= 0.6 is 0 Å². The number of hydrogen-bond acceptors (Lipinski definition) is 7. The molecule has 0 bridgehead atoms. The summed E-state index contributed by atoms with van der Waals surface area (Å²) in [6, 6.07) is 11.8. The number of quaternary nitrogens is 1. The van der Waals surface area contributed by atoms with E-state index in [4.69, 9.17) is 14.0 Å². The van der Waals surface area contributed by atoms with Crippen LogP contribution in [-0.4, -0.2) is 123 Å². The van der Waals surface area contributed by atoms with Gasteiger partial charge in [-0.1, -0.05) is 30.3 Å². The van der Waals surface area contributed by atoms with Gasteiger partial charge < -0.3 is 14.0 Å². The summed E-state index contributed by atoms with van der Waals surface area (Å²) in [4.78, 5) is 10.1. The Morgan fingerprint density at radius 1 is 0.938 bits per heavy atom. The number of ether oxygens (including phenoxy) is 2. The van der Waals surface area contributed by atoms with Gasteiger partial charge in [-0.2, -0.15) is 16.8 Å². The molecule has 0 aliphatic carbocycles. The molecule has 0 unspecified atom stereocenters. The zero-order valence-electron chi connectivity index (χ0n) is 16.3. The molecule has 14 heteroatoms. The first kappa shape index (κ1) is 31.5. The average molecular weight is 509 g/mol. The van der Waals surface area contributed by atoms with Gasteiger partial charge >= 0.3 is 65.3 Å². The minimum atomic E-state index is -4.95. The fourth-order valence-corrected chi connectivity index (χ4v) is 3.81. The van der Waals surface area contributed by atoms with E-state index >= 15 is 0 Å². The quantitative estimate of drug-likeness (QED) is 0.173. The Balaban J connectivity index is 0.00000480. The van der Waals surface area contributed by atoms with E-state index in [1.807, 2.05) is 44.4 Å². The molecule has 0 saturated heterocycles. The summed E-state index contributed by atoms with van der Waals surface area (Å²) in [7, 11) is -5.81. The zero-order valence-corrected chi connectivity index (χ0v) is 17.9. The maximum atomic E-state index is 11.9. The van der Waals surface area contributed by atoms with Gasteiger partial charge in [-0.15, -0.1) is 0 Å². The molecule has 0 aliphatic rings. The molecule has 168 valence electrons. The van der Waals surface area contributed by atoms with Crippen molar-refractivity contribution in [1.82, 2.24) is 0 Å². The molecule has 0 amide bonds. The number of benzene rings is 2. The van der Waals surface area contributed by atoms with Crippen LogP contribution in [0, 0.1) is 0 Å². The second-order valence-corrected chi connectivity index (χ2v) is 9.87. The van der Waals surface area contributed by atoms with Crippen LogP contribution in [0.3, 0.4) is 0 Å². The van der Waals surface area contributed by atoms with Gasteiger partial charge in [0.15, 0.2) is 5.75 Å². The standard InChI is InChI=1S/C18H21NO9S2.2Na.2H/c1-19(2,13-14-6-4-3-5-7-14)10-11-27-18(20)28-16-9-8-15(29(21,22)23)12-17(16)30(24,25)26;;;;/h3-9,12H,10-11,13H2,1-2H3,(H-,21,22,23,24,25,26);;;;/p+1. The van der Waals surface area contributed by atoms with Crippen LogP contribution in [0.2, 0.25) is 0 Å². The molecule has 32 heavy (non-hydrogen) atoms. The van der Waals surface area contributed by atoms with Gasteiger partial charge in [-0.05, 0) is 18.2 Å². The van der Waals surface area contributed by atoms with E-state index in [0.29, 0.717) is 23.6 Å². The molecule has 0 saturated carbocycles. The summed E-state index contributed by atoms with van der Waals surface area (Å²) in [5.41, 5.74) is 1.10. The van der Waals surface area contributed by atoms with Crippen molar-refractivity contribution in [3.63, 3.8) is 0 Å². The third-order valence-corrected chi connectivity index (χ3v) is 5.78. The maximum absolute atomic E-state index is 11.9. The molecular weight excluding hydrogens is 484 g/mol. The molecule has 0 fully saturated rings. The number of carbonyl (C=O) groups excluding carboxylic acids is 1. The van der Waals surface area contributed by atoms with Crippen LogP contribution in [0.4, 0.5) is 4.79 Å². The summed E-state index contributed by atoms with van der Waals surface area (Å²) >= 11 is 0. The van der Waals surface area contributed by atoms with E-state index in [-0.39, 0.29) is 65.7 Å². The third kappa shape index (κ3) is 10.2. The monoisotopic (exact) mass is 508 g/mol. The number of likely N-dealkylation sites (N-methyl/N-ethyl adjacent to an activating group) is 1. The molecule has 0 radical (unpaired) electrons. The van der Waals surface area contributed by atoms with Crippen molar-refractivity contribution in [3.05, 3.63) is 54.1 Å². The Morgan fingerprint density at radius 2 is 1.53 bits per heavy atom. The normalized spacial score (nSPS) is 11.6. The Kier molecular flexibility index (Phi) is 12.6. The van der Waals surface area contributed by atoms with Crippen LogP contribution in [0.25, 0.3) is 0 Å². The first-order chi connectivity index (χ1) is 13.8. The first-order valence-corrected chi connectivity index (χ1v) is 11.5. The molecule has 2 aromatic rings. The number of hydrogen-bond donors (Lipinski definition) is 2. The zero-order chi connectivity index (χ0) is 22.6. The van der Waals surface area contributed by atoms with Crippen molar-refractivity contribution in [1.29, 1.82) is 0 Å². The van der Waals surface area contributed by atoms with Gasteiger partial charge in [0.25, 0.3) is 20.2 Å². The molecule has 0 spiro atoms. The predicted octanol–water partition coefficient (Wildman–Crippen LogP) is 0.675. The fourth-order valence-electron chi connectivity index (χ4n) is 2.59. The van der Waals surface area contributed by atoms with E-state index in [1.165, 1.54) is 0 Å². The van der Waals surface area contributed by atoms with Crippen LogP contribution < -0.4 is 4.74 Å². The first-order valence-electron chi connectivity index (χ1n) is 8.57. The Labute approximate surface area is 231 Å². The summed E-state index contributed by atoms with van der Waals surface area (Å²) in [6.45, 7) is 1.07. The summed E-state index contributed by atoms with van der Waals surface area (Å²) < 4.78 is 73.8. The van der Waals surface area contributed by atoms with E-state index in [2.05, 4.69) is 0 Å². The molecule has 0 heterocycles. The SMILES string of the molecule is C[N+](C)(CCOC(=O)Oc1ccc(S(=O)(=O)O)cc1S(=O)(=O)O)Cc1ccccc1.[NaH].[NaH]. The number of nitrogens with zero attached hydrogens (tertiary/aromatic N) is 1. The number of carbonyl (C=O) groups is 1. The molecule has 0 aliphatic heterocycles. The second kappa shape index (κ2) is 12.8. The van der Waals surface area contributed by atoms with E-state index in [1.54, 1.807) is 0 Å². The van der Waals surface area contributed by atoms with Crippen LogP contribution in [0.5, 0.6) is 5.75 Å². The van der Waals surface area contributed by atoms with Crippen molar-refractivity contribution in [2.75, 3.05) is 27.2 Å². The average Bonchev–Trinajstić information content (AvgIpc) is 2.60. The van der Waals surface area contributed by atoms with Crippen molar-refractivity contribution in [2.24, 2.45) is 0 Å². The molecule has 10 nitrogen and oxygen atoms in total.